The molecule has 134 valence electrons. The van der Waals surface area contributed by atoms with Gasteiger partial charge in [0.15, 0.2) is 11.5 Å². The Hall–Kier alpha value is -2.31. The highest BCUT2D eigenvalue weighted by atomic mass is 19.1. The normalized spacial score (nSPS) is 22.8. The molecule has 3 saturated heterocycles. The first kappa shape index (κ1) is 17.5. The summed E-state index contributed by atoms with van der Waals surface area (Å²) in [7, 11) is 0. The van der Waals surface area contributed by atoms with Gasteiger partial charge >= 0.3 is 0 Å². The van der Waals surface area contributed by atoms with Crippen molar-refractivity contribution in [2.75, 3.05) is 19.6 Å². The highest BCUT2D eigenvalue weighted by molar-refractivity contribution is 5.93. The van der Waals surface area contributed by atoms with Crippen LogP contribution in [0.2, 0.25) is 0 Å². The smallest absolute Gasteiger partial charge is 0.275 e. The van der Waals surface area contributed by atoms with E-state index in [0.717, 1.165) is 24.6 Å². The maximum atomic E-state index is 13.9. The van der Waals surface area contributed by atoms with Crippen LogP contribution in [0.3, 0.4) is 0 Å². The van der Waals surface area contributed by atoms with Crippen molar-refractivity contribution in [1.82, 2.24) is 14.8 Å². The van der Waals surface area contributed by atoms with Gasteiger partial charge in [0.25, 0.3) is 5.91 Å². The zero-order valence-corrected chi connectivity index (χ0v) is 14.3. The van der Waals surface area contributed by atoms with Crippen molar-refractivity contribution in [3.63, 3.8) is 0 Å². The first-order chi connectivity index (χ1) is 11.9. The lowest BCUT2D eigenvalue weighted by Crippen LogP contribution is -2.48. The maximum absolute atomic E-state index is 13.9. The summed E-state index contributed by atoms with van der Waals surface area (Å²) >= 11 is 0. The molecule has 5 nitrogen and oxygen atoms in total. The zero-order valence-electron chi connectivity index (χ0n) is 14.3. The molecule has 1 aromatic rings. The van der Waals surface area contributed by atoms with E-state index in [4.69, 9.17) is 0 Å². The van der Waals surface area contributed by atoms with E-state index in [9.17, 15) is 18.4 Å². The van der Waals surface area contributed by atoms with E-state index in [1.807, 2.05) is 24.8 Å². The Morgan fingerprint density at radius 2 is 2.08 bits per heavy atom. The summed E-state index contributed by atoms with van der Waals surface area (Å²) < 4.78 is 26.9. The highest BCUT2D eigenvalue weighted by Crippen LogP contribution is 2.30. The first-order valence-corrected chi connectivity index (χ1v) is 8.41. The number of fused-ring (bicyclic) bond motifs is 4. The van der Waals surface area contributed by atoms with Gasteiger partial charge in [-0.1, -0.05) is 11.6 Å². The molecule has 2 bridgehead atoms. The number of nitrogens with zero attached hydrogens (tertiary/aromatic N) is 3. The van der Waals surface area contributed by atoms with E-state index in [1.54, 1.807) is 0 Å². The molecule has 3 aliphatic rings. The van der Waals surface area contributed by atoms with Crippen LogP contribution in [0.4, 0.5) is 8.78 Å². The third-order valence-corrected chi connectivity index (χ3v) is 4.79. The van der Waals surface area contributed by atoms with Gasteiger partial charge in [-0.05, 0) is 26.7 Å². The third-order valence-electron chi connectivity index (χ3n) is 4.79. The average molecular weight is 349 g/mol. The third kappa shape index (κ3) is 3.55. The fraction of sp³-hybridized carbons (Fsp3) is 0.500. The van der Waals surface area contributed by atoms with Gasteiger partial charge in [0, 0.05) is 31.7 Å². The fourth-order valence-electron chi connectivity index (χ4n) is 3.45. The van der Waals surface area contributed by atoms with Crippen LogP contribution in [0, 0.1) is 17.6 Å². The van der Waals surface area contributed by atoms with Gasteiger partial charge in [0.1, 0.15) is 5.82 Å². The number of amides is 2. The lowest BCUT2D eigenvalue weighted by atomic mass is 9.94. The van der Waals surface area contributed by atoms with Crippen LogP contribution in [0.25, 0.3) is 0 Å². The number of hydrogen-bond donors (Lipinski definition) is 0. The minimum atomic E-state index is -0.977. The molecule has 0 saturated carbocycles. The molecular weight excluding hydrogens is 328 g/mol. The molecule has 3 aliphatic heterocycles. The molecule has 3 fully saturated rings. The number of hydrogen-bond acceptors (Lipinski definition) is 3. The number of rotatable bonds is 3. The molecular formula is C18H21F2N3O2. The van der Waals surface area contributed by atoms with Crippen LogP contribution in [-0.4, -0.2) is 52.3 Å². The van der Waals surface area contributed by atoms with E-state index in [0.29, 0.717) is 19.2 Å². The van der Waals surface area contributed by atoms with Gasteiger partial charge in [0.05, 0.1) is 12.1 Å². The number of pyridine rings is 1. The number of piperidine rings is 1. The summed E-state index contributed by atoms with van der Waals surface area (Å²) in [5, 5.41) is 0. The number of carbonyl (C=O) groups is 2. The monoisotopic (exact) mass is 349 g/mol. The zero-order chi connectivity index (χ0) is 18.1. The molecule has 0 N–H and O–H groups in total. The van der Waals surface area contributed by atoms with E-state index < -0.39 is 23.2 Å². The SMILES string of the molecule is CC(C)=CCN1C(=O)[C@H]2CC[C@@H]1CN(C(=O)c1ncc(F)cc1F)C2. The second kappa shape index (κ2) is 6.90. The summed E-state index contributed by atoms with van der Waals surface area (Å²) in [5.41, 5.74) is 0.726. The Morgan fingerprint density at radius 3 is 2.76 bits per heavy atom. The first-order valence-electron chi connectivity index (χ1n) is 8.41. The standard InChI is InChI=1S/C18H21F2N3O2/c1-11(2)5-6-23-14-4-3-12(17(23)24)9-22(10-14)18(25)16-15(20)7-13(19)8-21-16/h5,7-8,12,14H,3-4,6,9-10H2,1-2H3/t12-,14+/m0/s1. The van der Waals surface area contributed by atoms with Crippen molar-refractivity contribution < 1.29 is 18.4 Å². The Morgan fingerprint density at radius 1 is 1.32 bits per heavy atom. The number of allylic oxidation sites excluding steroid dienone is 1. The topological polar surface area (TPSA) is 53.5 Å². The van der Waals surface area contributed by atoms with Crippen molar-refractivity contribution in [2.45, 2.75) is 32.7 Å². The van der Waals surface area contributed by atoms with Gasteiger partial charge in [-0.3, -0.25) is 9.59 Å². The summed E-state index contributed by atoms with van der Waals surface area (Å²) in [6.45, 7) is 5.06. The summed E-state index contributed by atoms with van der Waals surface area (Å²) in [6, 6.07) is 0.563. The summed E-state index contributed by atoms with van der Waals surface area (Å²) in [4.78, 5) is 32.2. The molecule has 7 heteroatoms. The van der Waals surface area contributed by atoms with Crippen LogP contribution >= 0.6 is 0 Å². The molecule has 4 rings (SSSR count). The molecule has 0 aliphatic carbocycles. The van der Waals surface area contributed by atoms with Crippen LogP contribution in [0.15, 0.2) is 23.9 Å². The fourth-order valence-corrected chi connectivity index (χ4v) is 3.45. The number of halogens is 2. The predicted octanol–water partition coefficient (Wildman–Crippen LogP) is 2.39. The molecule has 25 heavy (non-hydrogen) atoms. The van der Waals surface area contributed by atoms with Crippen molar-refractivity contribution in [2.24, 2.45) is 5.92 Å². The second-order valence-corrected chi connectivity index (χ2v) is 6.89. The summed E-state index contributed by atoms with van der Waals surface area (Å²) in [6.07, 6.45) is 4.36. The minimum absolute atomic E-state index is 0.0385. The molecule has 2 amide bonds. The Bertz CT molecular complexity index is 731. The van der Waals surface area contributed by atoms with Crippen LogP contribution in [0.5, 0.6) is 0 Å². The van der Waals surface area contributed by atoms with Crippen molar-refractivity contribution in [1.29, 1.82) is 0 Å². The average Bonchev–Trinajstić information content (AvgIpc) is 2.83. The highest BCUT2D eigenvalue weighted by Gasteiger charge is 2.42. The van der Waals surface area contributed by atoms with Gasteiger partial charge in [-0.2, -0.15) is 0 Å². The number of carbonyl (C=O) groups excluding carboxylic acids is 2. The molecule has 0 aromatic carbocycles. The van der Waals surface area contributed by atoms with E-state index >= 15 is 0 Å². The summed E-state index contributed by atoms with van der Waals surface area (Å²) in [5.74, 6) is -2.64. The Labute approximate surface area is 145 Å². The molecule has 0 spiro atoms. The molecule has 2 atom stereocenters. The quantitative estimate of drug-likeness (QED) is 0.788. The molecule has 0 unspecified atom stereocenters. The van der Waals surface area contributed by atoms with Crippen LogP contribution in [-0.2, 0) is 4.79 Å². The van der Waals surface area contributed by atoms with Crippen LogP contribution < -0.4 is 0 Å². The Balaban J connectivity index is 1.82. The molecule has 4 heterocycles. The van der Waals surface area contributed by atoms with Crippen LogP contribution in [0.1, 0.15) is 37.2 Å². The van der Waals surface area contributed by atoms with Crippen molar-refractivity contribution in [3.8, 4) is 0 Å². The lowest BCUT2D eigenvalue weighted by Gasteiger charge is -2.35. The van der Waals surface area contributed by atoms with Gasteiger partial charge in [0.2, 0.25) is 5.91 Å². The molecule has 0 radical (unpaired) electrons. The maximum Gasteiger partial charge on any atom is 0.275 e. The van der Waals surface area contributed by atoms with E-state index in [1.165, 1.54) is 4.90 Å². The lowest BCUT2D eigenvalue weighted by molar-refractivity contribution is -0.139. The second-order valence-electron chi connectivity index (χ2n) is 6.89. The van der Waals surface area contributed by atoms with E-state index in [-0.39, 0.29) is 24.4 Å². The van der Waals surface area contributed by atoms with Gasteiger partial charge in [-0.25, -0.2) is 13.8 Å². The van der Waals surface area contributed by atoms with Gasteiger partial charge < -0.3 is 9.80 Å². The van der Waals surface area contributed by atoms with Gasteiger partial charge in [-0.15, -0.1) is 0 Å². The minimum Gasteiger partial charge on any atom is -0.334 e. The largest absolute Gasteiger partial charge is 0.334 e. The van der Waals surface area contributed by atoms with Crippen molar-refractivity contribution >= 4 is 11.8 Å². The van der Waals surface area contributed by atoms with Crippen molar-refractivity contribution in [3.05, 3.63) is 41.2 Å². The molecule has 1 aromatic heterocycles. The number of aromatic nitrogens is 1. The Kier molecular flexibility index (Phi) is 4.83. The van der Waals surface area contributed by atoms with E-state index in [2.05, 4.69) is 4.98 Å². The predicted molar refractivity (Wildman–Crippen MR) is 87.7 cm³/mol.